The van der Waals surface area contributed by atoms with Crippen molar-refractivity contribution in [2.24, 2.45) is 0 Å². The Morgan fingerprint density at radius 3 is 2.67 bits per heavy atom. The highest BCUT2D eigenvalue weighted by atomic mass is 16.5. The van der Waals surface area contributed by atoms with Crippen molar-refractivity contribution in [1.29, 1.82) is 0 Å². The number of nitrogens with one attached hydrogen (secondary N) is 1. The van der Waals surface area contributed by atoms with E-state index in [1.54, 1.807) is 13.2 Å². The van der Waals surface area contributed by atoms with Crippen LogP contribution in [0.25, 0.3) is 6.08 Å². The number of hydrogen-bond acceptors (Lipinski definition) is 3. The van der Waals surface area contributed by atoms with Crippen LogP contribution in [0, 0.1) is 0 Å². The summed E-state index contributed by atoms with van der Waals surface area (Å²) in [5, 5.41) is 13.0. The average molecular weight is 325 g/mol. The van der Waals surface area contributed by atoms with Gasteiger partial charge in [-0.15, -0.1) is 0 Å². The molecule has 2 aromatic carbocycles. The molecule has 0 saturated heterocycles. The molecule has 0 radical (unpaired) electrons. The van der Waals surface area contributed by atoms with Crippen LogP contribution in [0.5, 0.6) is 5.75 Å². The highest BCUT2D eigenvalue weighted by molar-refractivity contribution is 5.91. The molecular formula is C20H23NO3. The molecule has 126 valence electrons. The Morgan fingerprint density at radius 1 is 1.21 bits per heavy atom. The van der Waals surface area contributed by atoms with Gasteiger partial charge in [-0.25, -0.2) is 0 Å². The van der Waals surface area contributed by atoms with E-state index in [-0.39, 0.29) is 11.9 Å². The van der Waals surface area contributed by atoms with Crippen LogP contribution in [0.2, 0.25) is 0 Å². The molecule has 0 saturated carbocycles. The second-order valence-corrected chi connectivity index (χ2v) is 5.68. The number of amides is 1. The van der Waals surface area contributed by atoms with Crippen molar-refractivity contribution in [2.45, 2.75) is 25.5 Å². The third-order valence-electron chi connectivity index (χ3n) is 3.67. The number of ether oxygens (including phenoxy) is 1. The summed E-state index contributed by atoms with van der Waals surface area (Å²) in [5.41, 5.74) is 1.74. The molecule has 2 atom stereocenters. The first-order valence-electron chi connectivity index (χ1n) is 7.94. The molecule has 0 aromatic heterocycles. The lowest BCUT2D eigenvalue weighted by Gasteiger charge is -2.17. The van der Waals surface area contributed by atoms with Crippen molar-refractivity contribution in [1.82, 2.24) is 5.32 Å². The third kappa shape index (κ3) is 5.56. The van der Waals surface area contributed by atoms with E-state index >= 15 is 0 Å². The zero-order valence-corrected chi connectivity index (χ0v) is 14.0. The molecule has 4 nitrogen and oxygen atoms in total. The number of methoxy groups -OCH3 is 1. The van der Waals surface area contributed by atoms with Crippen LogP contribution >= 0.6 is 0 Å². The van der Waals surface area contributed by atoms with E-state index in [1.807, 2.05) is 61.5 Å². The fourth-order valence-electron chi connectivity index (χ4n) is 2.41. The van der Waals surface area contributed by atoms with Crippen molar-refractivity contribution in [2.75, 3.05) is 7.11 Å². The van der Waals surface area contributed by atoms with E-state index < -0.39 is 6.10 Å². The molecule has 0 bridgehead atoms. The minimum absolute atomic E-state index is 0.136. The lowest BCUT2D eigenvalue weighted by molar-refractivity contribution is -0.117. The number of benzene rings is 2. The second-order valence-electron chi connectivity index (χ2n) is 5.68. The zero-order chi connectivity index (χ0) is 17.4. The number of hydrogen-bond donors (Lipinski definition) is 2. The Kier molecular flexibility index (Phi) is 6.58. The molecule has 4 heteroatoms. The molecule has 0 heterocycles. The molecule has 1 amide bonds. The van der Waals surface area contributed by atoms with Gasteiger partial charge >= 0.3 is 0 Å². The maximum Gasteiger partial charge on any atom is 0.244 e. The van der Waals surface area contributed by atoms with Gasteiger partial charge in [-0.1, -0.05) is 42.5 Å². The maximum atomic E-state index is 12.0. The van der Waals surface area contributed by atoms with Gasteiger partial charge in [0.05, 0.1) is 13.2 Å². The van der Waals surface area contributed by atoms with E-state index in [2.05, 4.69) is 5.32 Å². The van der Waals surface area contributed by atoms with Crippen LogP contribution in [-0.2, 0) is 4.79 Å². The number of carbonyl (C=O) groups excluding carboxylic acids is 1. The molecule has 2 N–H and O–H groups in total. The smallest absolute Gasteiger partial charge is 0.244 e. The fraction of sp³-hybridized carbons (Fsp3) is 0.250. The molecular weight excluding hydrogens is 302 g/mol. The van der Waals surface area contributed by atoms with Gasteiger partial charge < -0.3 is 15.2 Å². The molecule has 0 fully saturated rings. The highest BCUT2D eigenvalue weighted by Gasteiger charge is 2.13. The summed E-state index contributed by atoms with van der Waals surface area (Å²) in [5.74, 6) is 0.558. The van der Waals surface area contributed by atoms with Gasteiger partial charge in [0.1, 0.15) is 5.75 Å². The van der Waals surface area contributed by atoms with Crippen molar-refractivity contribution >= 4 is 12.0 Å². The molecule has 0 aliphatic carbocycles. The van der Waals surface area contributed by atoms with E-state index in [0.717, 1.165) is 16.9 Å². The molecule has 0 aliphatic heterocycles. The third-order valence-corrected chi connectivity index (χ3v) is 3.67. The van der Waals surface area contributed by atoms with Gasteiger partial charge in [-0.3, -0.25) is 4.79 Å². The first kappa shape index (κ1) is 17.8. The van der Waals surface area contributed by atoms with E-state index in [9.17, 15) is 9.90 Å². The van der Waals surface area contributed by atoms with Crippen LogP contribution in [0.3, 0.4) is 0 Å². The molecule has 2 rings (SSSR count). The first-order valence-corrected chi connectivity index (χ1v) is 7.94. The van der Waals surface area contributed by atoms with E-state index in [1.165, 1.54) is 6.08 Å². The second kappa shape index (κ2) is 8.89. The van der Waals surface area contributed by atoms with Gasteiger partial charge in [0.2, 0.25) is 5.91 Å². The normalized spacial score (nSPS) is 13.5. The van der Waals surface area contributed by atoms with Crippen LogP contribution in [0.15, 0.2) is 60.7 Å². The largest absolute Gasteiger partial charge is 0.497 e. The fourth-order valence-corrected chi connectivity index (χ4v) is 2.41. The standard InChI is InChI=1S/C20H23NO3/c1-15(13-19(22)17-8-4-3-5-9-17)21-20(23)12-11-16-7-6-10-18(14-16)24-2/h3-12,14-15,19,22H,13H2,1-2H3,(H,21,23)/b12-11+. The number of rotatable bonds is 7. The summed E-state index contributed by atoms with van der Waals surface area (Å²) in [7, 11) is 1.61. The summed E-state index contributed by atoms with van der Waals surface area (Å²) in [6.45, 7) is 1.88. The van der Waals surface area contributed by atoms with Crippen molar-refractivity contribution in [3.05, 3.63) is 71.8 Å². The molecule has 2 unspecified atom stereocenters. The minimum Gasteiger partial charge on any atom is -0.497 e. The van der Waals surface area contributed by atoms with E-state index in [4.69, 9.17) is 4.74 Å². The quantitative estimate of drug-likeness (QED) is 0.768. The lowest BCUT2D eigenvalue weighted by atomic mass is 10.0. The monoisotopic (exact) mass is 325 g/mol. The Balaban J connectivity index is 1.86. The molecule has 0 aliphatic rings. The van der Waals surface area contributed by atoms with Crippen LogP contribution < -0.4 is 10.1 Å². The minimum atomic E-state index is -0.594. The first-order chi connectivity index (χ1) is 11.6. The average Bonchev–Trinajstić information content (AvgIpc) is 2.60. The van der Waals surface area contributed by atoms with Crippen molar-refractivity contribution in [3.63, 3.8) is 0 Å². The highest BCUT2D eigenvalue weighted by Crippen LogP contribution is 2.17. The predicted octanol–water partition coefficient (Wildman–Crippen LogP) is 3.34. The summed E-state index contributed by atoms with van der Waals surface area (Å²) in [6, 6.07) is 16.8. The topological polar surface area (TPSA) is 58.6 Å². The summed E-state index contributed by atoms with van der Waals surface area (Å²) in [6.07, 6.45) is 3.09. The molecule has 2 aromatic rings. The number of carbonyl (C=O) groups is 1. The molecule has 24 heavy (non-hydrogen) atoms. The zero-order valence-electron chi connectivity index (χ0n) is 14.0. The Bertz CT molecular complexity index is 682. The van der Waals surface area contributed by atoms with Gasteiger partial charge in [-0.05, 0) is 42.7 Å². The lowest BCUT2D eigenvalue weighted by Crippen LogP contribution is -2.32. The Labute approximate surface area is 142 Å². The van der Waals surface area contributed by atoms with Crippen LogP contribution in [-0.4, -0.2) is 24.2 Å². The van der Waals surface area contributed by atoms with Gasteiger partial charge in [0, 0.05) is 12.1 Å². The number of aliphatic hydroxyl groups is 1. The van der Waals surface area contributed by atoms with Gasteiger partial charge in [0.25, 0.3) is 0 Å². The maximum absolute atomic E-state index is 12.0. The molecule has 0 spiro atoms. The Hall–Kier alpha value is -2.59. The predicted molar refractivity (Wildman–Crippen MR) is 95.7 cm³/mol. The van der Waals surface area contributed by atoms with Gasteiger partial charge in [-0.2, -0.15) is 0 Å². The summed E-state index contributed by atoms with van der Waals surface area (Å²) in [4.78, 5) is 12.0. The van der Waals surface area contributed by atoms with Crippen LogP contribution in [0.1, 0.15) is 30.6 Å². The van der Waals surface area contributed by atoms with Crippen molar-refractivity contribution < 1.29 is 14.6 Å². The Morgan fingerprint density at radius 2 is 1.96 bits per heavy atom. The SMILES string of the molecule is COc1cccc(/C=C/C(=O)NC(C)CC(O)c2ccccc2)c1. The van der Waals surface area contributed by atoms with Crippen molar-refractivity contribution in [3.8, 4) is 5.75 Å². The van der Waals surface area contributed by atoms with Crippen LogP contribution in [0.4, 0.5) is 0 Å². The van der Waals surface area contributed by atoms with Gasteiger partial charge in [0.15, 0.2) is 0 Å². The summed E-state index contributed by atoms with van der Waals surface area (Å²) >= 11 is 0. The van der Waals surface area contributed by atoms with E-state index in [0.29, 0.717) is 6.42 Å². The summed E-state index contributed by atoms with van der Waals surface area (Å²) < 4.78 is 5.15. The number of aliphatic hydroxyl groups excluding tert-OH is 1.